The van der Waals surface area contributed by atoms with Gasteiger partial charge in [-0.2, -0.15) is 0 Å². The van der Waals surface area contributed by atoms with E-state index >= 15 is 0 Å². The Kier molecular flexibility index (Phi) is 3.99. The Morgan fingerprint density at radius 3 is 2.79 bits per heavy atom. The summed E-state index contributed by atoms with van der Waals surface area (Å²) in [6, 6.07) is 4.35. The lowest BCUT2D eigenvalue weighted by molar-refractivity contribution is 0.0809. The average Bonchev–Trinajstić information content (AvgIpc) is 2.91. The Hall–Kier alpha value is -1.28. The number of hydrogen-bond acceptors (Lipinski definition) is 2. The van der Waals surface area contributed by atoms with Crippen LogP contribution in [0.15, 0.2) is 23.8 Å². The molecule has 2 heteroatoms. The lowest BCUT2D eigenvalue weighted by Crippen LogP contribution is -2.40. The van der Waals surface area contributed by atoms with Crippen molar-refractivity contribution >= 4 is 0 Å². The molecule has 3 aliphatic rings. The normalized spacial score (nSPS) is 36.3. The van der Waals surface area contributed by atoms with Gasteiger partial charge in [-0.05, 0) is 90.9 Å². The molecule has 2 fully saturated rings. The van der Waals surface area contributed by atoms with Crippen molar-refractivity contribution < 1.29 is 10.2 Å². The van der Waals surface area contributed by atoms with E-state index in [4.69, 9.17) is 0 Å². The van der Waals surface area contributed by atoms with Gasteiger partial charge < -0.3 is 10.2 Å². The summed E-state index contributed by atoms with van der Waals surface area (Å²) in [6.07, 6.45) is 10.3. The molecule has 4 rings (SSSR count). The molecule has 0 saturated heterocycles. The van der Waals surface area contributed by atoms with Crippen LogP contribution in [0.4, 0.5) is 0 Å². The summed E-state index contributed by atoms with van der Waals surface area (Å²) < 4.78 is 0. The average molecular weight is 326 g/mol. The molecular formula is C22H30O2. The van der Waals surface area contributed by atoms with Crippen molar-refractivity contribution in [2.24, 2.45) is 17.3 Å². The minimum atomic E-state index is 0.188. The maximum Gasteiger partial charge on any atom is 0.119 e. The van der Waals surface area contributed by atoms with Crippen molar-refractivity contribution in [1.29, 1.82) is 0 Å². The molecule has 3 unspecified atom stereocenters. The molecule has 2 saturated carbocycles. The first-order chi connectivity index (χ1) is 11.6. The van der Waals surface area contributed by atoms with E-state index in [1.54, 1.807) is 0 Å². The van der Waals surface area contributed by atoms with Crippen LogP contribution in [0.5, 0.6) is 5.75 Å². The molecular weight excluding hydrogens is 296 g/mol. The summed E-state index contributed by atoms with van der Waals surface area (Å²) in [5, 5.41) is 19.6. The second-order valence-corrected chi connectivity index (χ2v) is 8.36. The summed E-state index contributed by atoms with van der Waals surface area (Å²) in [4.78, 5) is 0. The number of allylic oxidation sites excluding steroid dienone is 1. The maximum atomic E-state index is 10.2. The predicted octanol–water partition coefficient (Wildman–Crippen LogP) is 4.73. The van der Waals surface area contributed by atoms with Crippen LogP contribution in [0.1, 0.15) is 68.6 Å². The number of aromatic hydroxyl groups is 1. The second kappa shape index (κ2) is 5.91. The van der Waals surface area contributed by atoms with Gasteiger partial charge in [0.1, 0.15) is 5.75 Å². The van der Waals surface area contributed by atoms with E-state index in [0.29, 0.717) is 17.1 Å². The van der Waals surface area contributed by atoms with Crippen LogP contribution in [0.25, 0.3) is 0 Å². The highest BCUT2D eigenvalue weighted by atomic mass is 16.3. The van der Waals surface area contributed by atoms with Crippen molar-refractivity contribution in [1.82, 2.24) is 0 Å². The minimum Gasteiger partial charge on any atom is -0.508 e. The molecule has 0 heterocycles. The van der Waals surface area contributed by atoms with Gasteiger partial charge in [-0.25, -0.2) is 0 Å². The quantitative estimate of drug-likeness (QED) is 0.771. The number of phenols is 1. The summed E-state index contributed by atoms with van der Waals surface area (Å²) in [7, 11) is 0. The number of aliphatic hydroxyl groups excluding tert-OH is 1. The van der Waals surface area contributed by atoms with Gasteiger partial charge in [0.2, 0.25) is 0 Å². The zero-order valence-corrected chi connectivity index (χ0v) is 15.0. The number of hydrogen-bond donors (Lipinski definition) is 2. The monoisotopic (exact) mass is 326 g/mol. The predicted molar refractivity (Wildman–Crippen MR) is 97.3 cm³/mol. The number of aryl methyl sites for hydroxylation is 2. The van der Waals surface area contributed by atoms with Gasteiger partial charge in [0.05, 0.1) is 6.61 Å². The fraction of sp³-hybridized carbons (Fsp3) is 0.636. The Morgan fingerprint density at radius 1 is 1.21 bits per heavy atom. The lowest BCUT2D eigenvalue weighted by Gasteiger charge is -2.49. The van der Waals surface area contributed by atoms with Crippen LogP contribution in [0.3, 0.4) is 0 Å². The highest BCUT2D eigenvalue weighted by molar-refractivity contribution is 5.46. The van der Waals surface area contributed by atoms with E-state index in [1.807, 2.05) is 6.07 Å². The molecule has 0 radical (unpaired) electrons. The molecule has 0 aromatic heterocycles. The fourth-order valence-corrected chi connectivity index (χ4v) is 6.23. The van der Waals surface area contributed by atoms with E-state index in [1.165, 1.54) is 48.8 Å². The van der Waals surface area contributed by atoms with Crippen LogP contribution in [0.2, 0.25) is 0 Å². The Labute approximate surface area is 145 Å². The van der Waals surface area contributed by atoms with Crippen molar-refractivity contribution in [2.75, 3.05) is 6.61 Å². The van der Waals surface area contributed by atoms with Crippen LogP contribution < -0.4 is 0 Å². The van der Waals surface area contributed by atoms with E-state index < -0.39 is 0 Å². The number of fused-ring (bicyclic) bond motifs is 5. The molecule has 2 nitrogen and oxygen atoms in total. The molecule has 0 amide bonds. The maximum absolute atomic E-state index is 10.2. The number of benzene rings is 1. The van der Waals surface area contributed by atoms with Crippen LogP contribution in [-0.4, -0.2) is 16.8 Å². The van der Waals surface area contributed by atoms with E-state index in [0.717, 1.165) is 30.2 Å². The molecule has 4 atom stereocenters. The summed E-state index contributed by atoms with van der Waals surface area (Å²) in [5.41, 5.74) is 5.85. The molecule has 130 valence electrons. The van der Waals surface area contributed by atoms with E-state index in [-0.39, 0.29) is 6.61 Å². The van der Waals surface area contributed by atoms with Crippen LogP contribution >= 0.6 is 0 Å². The van der Waals surface area contributed by atoms with Crippen molar-refractivity contribution in [2.45, 2.75) is 64.7 Å². The summed E-state index contributed by atoms with van der Waals surface area (Å²) in [5.74, 6) is 2.70. The topological polar surface area (TPSA) is 40.5 Å². The highest BCUT2D eigenvalue weighted by Crippen LogP contribution is 2.62. The number of phenolic OH excluding ortho intramolecular Hbond substituents is 1. The first-order valence-corrected chi connectivity index (χ1v) is 9.73. The van der Waals surface area contributed by atoms with Crippen molar-refractivity contribution in [3.05, 3.63) is 40.5 Å². The molecule has 1 aromatic carbocycles. The third-order valence-electron chi connectivity index (χ3n) is 7.49. The summed E-state index contributed by atoms with van der Waals surface area (Å²) in [6.45, 7) is 4.77. The van der Waals surface area contributed by atoms with Crippen LogP contribution in [-0.2, 0) is 12.8 Å². The van der Waals surface area contributed by atoms with Gasteiger partial charge in [0.25, 0.3) is 0 Å². The molecule has 24 heavy (non-hydrogen) atoms. The summed E-state index contributed by atoms with van der Waals surface area (Å²) >= 11 is 0. The third-order valence-corrected chi connectivity index (χ3v) is 7.49. The molecule has 0 aliphatic heterocycles. The van der Waals surface area contributed by atoms with E-state index in [9.17, 15) is 10.2 Å². The Bertz CT molecular complexity index is 675. The first-order valence-electron chi connectivity index (χ1n) is 9.73. The van der Waals surface area contributed by atoms with Crippen molar-refractivity contribution in [3.8, 4) is 5.75 Å². The zero-order chi connectivity index (χ0) is 16.9. The van der Waals surface area contributed by atoms with Gasteiger partial charge in [-0.15, -0.1) is 0 Å². The zero-order valence-electron chi connectivity index (χ0n) is 15.0. The van der Waals surface area contributed by atoms with Crippen molar-refractivity contribution in [3.63, 3.8) is 0 Å². The molecule has 2 N–H and O–H groups in total. The number of rotatable bonds is 2. The Balaban J connectivity index is 1.70. The lowest BCUT2D eigenvalue weighted by atomic mass is 9.55. The van der Waals surface area contributed by atoms with Gasteiger partial charge in [0, 0.05) is 0 Å². The molecule has 0 spiro atoms. The molecule has 0 bridgehead atoms. The third kappa shape index (κ3) is 2.26. The van der Waals surface area contributed by atoms with Gasteiger partial charge >= 0.3 is 0 Å². The highest BCUT2D eigenvalue weighted by Gasteiger charge is 2.52. The van der Waals surface area contributed by atoms with Gasteiger partial charge in [0.15, 0.2) is 0 Å². The SMILES string of the molecule is CCc1cc2c(cc1O)CCC1C2CC[C@]2(C)/C(=C/CO)CCC12. The second-order valence-electron chi connectivity index (χ2n) is 8.36. The van der Waals surface area contributed by atoms with Crippen LogP contribution in [0, 0.1) is 17.3 Å². The largest absolute Gasteiger partial charge is 0.508 e. The fourth-order valence-electron chi connectivity index (χ4n) is 6.23. The first kappa shape index (κ1) is 16.2. The van der Waals surface area contributed by atoms with Gasteiger partial charge in [-0.1, -0.05) is 31.6 Å². The Morgan fingerprint density at radius 2 is 2.04 bits per heavy atom. The number of aliphatic hydroxyl groups is 1. The smallest absolute Gasteiger partial charge is 0.119 e. The molecule has 1 aromatic rings. The molecule has 3 aliphatic carbocycles. The van der Waals surface area contributed by atoms with Gasteiger partial charge in [-0.3, -0.25) is 0 Å². The van der Waals surface area contributed by atoms with E-state index in [2.05, 4.69) is 26.0 Å². The minimum absolute atomic E-state index is 0.188. The standard InChI is InChI=1S/C22H30O2/c1-3-14-12-19-15(13-21(14)24)4-6-18-17(19)8-10-22(2)16(9-11-23)5-7-20(18)22/h9,12-13,17-18,20,23-24H,3-8,10-11H2,1-2H3/b16-9+/t17?,18?,20?,22-/m1/s1.